The Bertz CT molecular complexity index is 979. The first-order valence-electron chi connectivity index (χ1n) is 8.30. The van der Waals surface area contributed by atoms with Gasteiger partial charge in [-0.25, -0.2) is 9.79 Å². The first kappa shape index (κ1) is 17.4. The lowest BCUT2D eigenvalue weighted by atomic mass is 10.0. The summed E-state index contributed by atoms with van der Waals surface area (Å²) in [5.41, 5.74) is 0.739. The van der Waals surface area contributed by atoms with Crippen LogP contribution in [0, 0.1) is 0 Å². The fraction of sp³-hybridized carbons (Fsp3) is 0.389. The lowest BCUT2D eigenvalue weighted by Crippen LogP contribution is -2.35. The molecule has 3 rings (SSSR count). The molecule has 1 aliphatic heterocycles. The van der Waals surface area contributed by atoms with Gasteiger partial charge in [0.05, 0.1) is 23.0 Å². The number of carbonyl (C=O) groups excluding carboxylic acids is 1. The molecule has 7 heteroatoms. The molecule has 0 bridgehead atoms. The largest absolute Gasteiger partial charge is 0.467 e. The SMILES string of the molecule is CCCC=c1sc2n(c1=O)C(C)=C(C(=O)OCC)C(c1ccco1)N=2. The molecule has 0 saturated carbocycles. The first-order chi connectivity index (χ1) is 12.1. The van der Waals surface area contributed by atoms with Crippen LogP contribution in [0.4, 0.5) is 0 Å². The van der Waals surface area contributed by atoms with E-state index < -0.39 is 12.0 Å². The molecule has 25 heavy (non-hydrogen) atoms. The van der Waals surface area contributed by atoms with Crippen LogP contribution in [0.25, 0.3) is 11.8 Å². The van der Waals surface area contributed by atoms with Crippen LogP contribution in [0.1, 0.15) is 45.4 Å². The van der Waals surface area contributed by atoms with Gasteiger partial charge < -0.3 is 9.15 Å². The smallest absolute Gasteiger partial charge is 0.338 e. The zero-order valence-corrected chi connectivity index (χ0v) is 15.3. The van der Waals surface area contributed by atoms with Crippen LogP contribution in [0.3, 0.4) is 0 Å². The summed E-state index contributed by atoms with van der Waals surface area (Å²) in [4.78, 5) is 30.4. The maximum Gasteiger partial charge on any atom is 0.338 e. The Kier molecular flexibility index (Phi) is 5.03. The number of hydrogen-bond acceptors (Lipinski definition) is 6. The number of carbonyl (C=O) groups is 1. The van der Waals surface area contributed by atoms with E-state index in [0.29, 0.717) is 26.4 Å². The highest BCUT2D eigenvalue weighted by molar-refractivity contribution is 7.07. The maximum atomic E-state index is 12.7. The first-order valence-corrected chi connectivity index (χ1v) is 9.11. The molecule has 3 heterocycles. The number of thiazole rings is 1. The van der Waals surface area contributed by atoms with Gasteiger partial charge in [-0.2, -0.15) is 0 Å². The number of ether oxygens (including phenoxy) is 1. The van der Waals surface area contributed by atoms with Gasteiger partial charge in [-0.05, 0) is 32.4 Å². The Morgan fingerprint density at radius 2 is 2.28 bits per heavy atom. The van der Waals surface area contributed by atoms with Crippen molar-refractivity contribution in [2.75, 3.05) is 6.61 Å². The van der Waals surface area contributed by atoms with E-state index in [9.17, 15) is 9.59 Å². The number of fused-ring (bicyclic) bond motifs is 1. The predicted octanol–water partition coefficient (Wildman–Crippen LogP) is 2.25. The minimum absolute atomic E-state index is 0.144. The van der Waals surface area contributed by atoms with Crippen molar-refractivity contribution in [2.24, 2.45) is 4.99 Å². The summed E-state index contributed by atoms with van der Waals surface area (Å²) in [6, 6.07) is 2.91. The van der Waals surface area contributed by atoms with Gasteiger partial charge in [0, 0.05) is 5.70 Å². The third-order valence-corrected chi connectivity index (χ3v) is 5.00. The molecule has 0 aliphatic carbocycles. The van der Waals surface area contributed by atoms with E-state index in [2.05, 4.69) is 11.9 Å². The van der Waals surface area contributed by atoms with Crippen molar-refractivity contribution < 1.29 is 13.9 Å². The maximum absolute atomic E-state index is 12.7. The Morgan fingerprint density at radius 3 is 2.92 bits per heavy atom. The van der Waals surface area contributed by atoms with Gasteiger partial charge in [-0.3, -0.25) is 9.36 Å². The van der Waals surface area contributed by atoms with Crippen molar-refractivity contribution in [2.45, 2.75) is 39.7 Å². The summed E-state index contributed by atoms with van der Waals surface area (Å²) in [6.45, 7) is 5.80. The normalized spacial score (nSPS) is 17.4. The second-order valence-corrected chi connectivity index (χ2v) is 6.66. The number of nitrogens with zero attached hydrogens (tertiary/aromatic N) is 2. The fourth-order valence-corrected chi connectivity index (χ4v) is 3.83. The fourth-order valence-electron chi connectivity index (χ4n) is 2.78. The summed E-state index contributed by atoms with van der Waals surface area (Å²) in [5, 5.41) is 0. The highest BCUT2D eigenvalue weighted by Crippen LogP contribution is 2.32. The van der Waals surface area contributed by atoms with E-state index in [1.54, 1.807) is 32.2 Å². The minimum atomic E-state index is -0.605. The molecule has 132 valence electrons. The van der Waals surface area contributed by atoms with Crippen molar-refractivity contribution in [1.29, 1.82) is 0 Å². The summed E-state index contributed by atoms with van der Waals surface area (Å²) in [5.74, 6) is 0.0709. The molecule has 2 aromatic heterocycles. The number of furan rings is 1. The van der Waals surface area contributed by atoms with Gasteiger partial charge in [0.1, 0.15) is 11.8 Å². The van der Waals surface area contributed by atoms with Crippen LogP contribution in [0.5, 0.6) is 0 Å². The molecule has 0 saturated heterocycles. The van der Waals surface area contributed by atoms with Gasteiger partial charge in [-0.1, -0.05) is 30.8 Å². The summed E-state index contributed by atoms with van der Waals surface area (Å²) < 4.78 is 12.8. The van der Waals surface area contributed by atoms with Crippen LogP contribution < -0.4 is 14.9 Å². The van der Waals surface area contributed by atoms with Gasteiger partial charge in [0.25, 0.3) is 5.56 Å². The third-order valence-electron chi connectivity index (χ3n) is 3.97. The van der Waals surface area contributed by atoms with Crippen LogP contribution in [0.2, 0.25) is 0 Å². The molecule has 6 nitrogen and oxygen atoms in total. The van der Waals surface area contributed by atoms with Gasteiger partial charge in [0.2, 0.25) is 0 Å². The van der Waals surface area contributed by atoms with Crippen molar-refractivity contribution in [3.8, 4) is 0 Å². The lowest BCUT2D eigenvalue weighted by molar-refractivity contribution is -0.138. The van der Waals surface area contributed by atoms with Gasteiger partial charge in [-0.15, -0.1) is 0 Å². The quantitative estimate of drug-likeness (QED) is 0.767. The van der Waals surface area contributed by atoms with Crippen molar-refractivity contribution >= 4 is 29.1 Å². The van der Waals surface area contributed by atoms with Crippen LogP contribution in [-0.4, -0.2) is 17.1 Å². The average Bonchev–Trinajstić information content (AvgIpc) is 3.21. The molecular formula is C18H20N2O4S. The third kappa shape index (κ3) is 3.11. The van der Waals surface area contributed by atoms with E-state index in [4.69, 9.17) is 9.15 Å². The second-order valence-electron chi connectivity index (χ2n) is 5.65. The average molecular weight is 360 g/mol. The van der Waals surface area contributed by atoms with E-state index in [1.165, 1.54) is 15.9 Å². The monoisotopic (exact) mass is 360 g/mol. The zero-order chi connectivity index (χ0) is 18.0. The molecule has 0 spiro atoms. The zero-order valence-electron chi connectivity index (χ0n) is 14.4. The number of rotatable bonds is 5. The minimum Gasteiger partial charge on any atom is -0.467 e. The second kappa shape index (κ2) is 7.23. The summed E-state index contributed by atoms with van der Waals surface area (Å²) in [7, 11) is 0. The van der Waals surface area contributed by atoms with Crippen molar-refractivity contribution in [1.82, 2.24) is 4.57 Å². The number of aromatic nitrogens is 1. The summed E-state index contributed by atoms with van der Waals surface area (Å²) >= 11 is 1.33. The molecule has 0 fully saturated rings. The molecule has 1 aliphatic rings. The number of allylic oxidation sites excluding steroid dienone is 1. The molecule has 0 radical (unpaired) electrons. The van der Waals surface area contributed by atoms with E-state index in [1.807, 2.05) is 6.08 Å². The topological polar surface area (TPSA) is 73.8 Å². The van der Waals surface area contributed by atoms with Gasteiger partial charge in [0.15, 0.2) is 4.80 Å². The standard InChI is InChI=1S/C18H20N2O4S/c1-4-6-9-13-16(21)20-11(3)14(17(22)23-5-2)15(19-18(20)25-13)12-8-7-10-24-12/h7-10,15H,4-6H2,1-3H3. The van der Waals surface area contributed by atoms with Crippen LogP contribution >= 0.6 is 11.3 Å². The Balaban J connectivity index is 2.25. The van der Waals surface area contributed by atoms with Gasteiger partial charge >= 0.3 is 5.97 Å². The molecule has 0 aromatic carbocycles. The number of hydrogen-bond donors (Lipinski definition) is 0. The van der Waals surface area contributed by atoms with E-state index in [0.717, 1.165) is 12.8 Å². The molecular weight excluding hydrogens is 340 g/mol. The summed E-state index contributed by atoms with van der Waals surface area (Å²) in [6.07, 6.45) is 5.25. The van der Waals surface area contributed by atoms with Crippen LogP contribution in [-0.2, 0) is 9.53 Å². The molecule has 0 amide bonds. The predicted molar refractivity (Wildman–Crippen MR) is 95.7 cm³/mol. The number of esters is 1. The molecule has 2 aromatic rings. The highest BCUT2D eigenvalue weighted by atomic mass is 32.1. The highest BCUT2D eigenvalue weighted by Gasteiger charge is 2.32. The number of unbranched alkanes of at least 4 members (excludes halogenated alkanes) is 1. The molecule has 0 N–H and O–H groups in total. The molecule has 1 unspecified atom stereocenters. The molecule has 1 atom stereocenters. The Hall–Kier alpha value is -2.41. The lowest BCUT2D eigenvalue weighted by Gasteiger charge is -2.20. The van der Waals surface area contributed by atoms with Crippen LogP contribution in [0.15, 0.2) is 38.2 Å². The van der Waals surface area contributed by atoms with E-state index >= 15 is 0 Å². The van der Waals surface area contributed by atoms with E-state index in [-0.39, 0.29) is 12.2 Å². The Labute approximate surface area is 148 Å². The van der Waals surface area contributed by atoms with Crippen molar-refractivity contribution in [3.05, 3.63) is 49.4 Å². The van der Waals surface area contributed by atoms with Crippen molar-refractivity contribution in [3.63, 3.8) is 0 Å². The Morgan fingerprint density at radius 1 is 1.48 bits per heavy atom.